The molecule has 0 aromatic heterocycles. The van der Waals surface area contributed by atoms with Crippen LogP contribution in [-0.4, -0.2) is 12.1 Å². The summed E-state index contributed by atoms with van der Waals surface area (Å²) in [5.74, 6) is 0.994. The van der Waals surface area contributed by atoms with Crippen LogP contribution in [0.25, 0.3) is 0 Å². The third kappa shape index (κ3) is 4.44. The molecular weight excluding hydrogens is 265 g/mol. The zero-order valence-corrected chi connectivity index (χ0v) is 13.3. The summed E-state index contributed by atoms with van der Waals surface area (Å²) >= 11 is 0. The molecule has 0 amide bonds. The molecule has 0 radical (unpaired) electrons. The summed E-state index contributed by atoms with van der Waals surface area (Å²) in [5.41, 5.74) is 6.92. The van der Waals surface area contributed by atoms with Gasteiger partial charge >= 0.3 is 0 Å². The van der Waals surface area contributed by atoms with E-state index in [9.17, 15) is 4.39 Å². The second-order valence-electron chi connectivity index (χ2n) is 6.27. The van der Waals surface area contributed by atoms with Crippen LogP contribution in [0.4, 0.5) is 4.39 Å². The molecule has 1 aliphatic rings. The molecule has 2 N–H and O–H groups in total. The average Bonchev–Trinajstić information content (AvgIpc) is 2.51. The molecule has 1 aromatic rings. The lowest BCUT2D eigenvalue weighted by atomic mass is 9.86. The first kappa shape index (κ1) is 16.3. The first-order valence-electron chi connectivity index (χ1n) is 8.33. The summed E-state index contributed by atoms with van der Waals surface area (Å²) in [6.45, 7) is 4.30. The Kier molecular flexibility index (Phi) is 6.04. The van der Waals surface area contributed by atoms with E-state index < -0.39 is 0 Å². The number of rotatable bonds is 6. The first-order chi connectivity index (χ1) is 10.1. The molecular formula is C18H28FNO. The third-order valence-electron chi connectivity index (χ3n) is 4.71. The fourth-order valence-corrected chi connectivity index (χ4v) is 3.10. The van der Waals surface area contributed by atoms with Crippen molar-refractivity contribution in [3.63, 3.8) is 0 Å². The van der Waals surface area contributed by atoms with Crippen LogP contribution in [0, 0.1) is 11.7 Å². The number of halogens is 1. The van der Waals surface area contributed by atoms with Gasteiger partial charge in [-0.25, -0.2) is 4.39 Å². The van der Waals surface area contributed by atoms with Crippen molar-refractivity contribution < 1.29 is 9.13 Å². The van der Waals surface area contributed by atoms with Crippen LogP contribution in [0.15, 0.2) is 18.2 Å². The number of hydrogen-bond donors (Lipinski definition) is 1. The molecule has 0 aliphatic heterocycles. The van der Waals surface area contributed by atoms with Crippen molar-refractivity contribution in [2.45, 2.75) is 70.9 Å². The Hall–Kier alpha value is -1.09. The Labute approximate surface area is 127 Å². The lowest BCUT2D eigenvalue weighted by Gasteiger charge is -2.29. The van der Waals surface area contributed by atoms with Crippen LogP contribution in [0.3, 0.4) is 0 Å². The smallest absolute Gasteiger partial charge is 0.165 e. The van der Waals surface area contributed by atoms with Gasteiger partial charge in [0.15, 0.2) is 11.6 Å². The SMILES string of the molecule is CCC(N)Cc1cccc(F)c1OC1CCC(CC)CC1. The van der Waals surface area contributed by atoms with Gasteiger partial charge in [0.1, 0.15) is 0 Å². The van der Waals surface area contributed by atoms with Gasteiger partial charge in [0.05, 0.1) is 6.10 Å². The van der Waals surface area contributed by atoms with E-state index in [2.05, 4.69) is 13.8 Å². The molecule has 3 heteroatoms. The number of para-hydroxylation sites is 1. The van der Waals surface area contributed by atoms with Crippen molar-refractivity contribution in [2.75, 3.05) is 0 Å². The number of benzene rings is 1. The Balaban J connectivity index is 2.05. The first-order valence-corrected chi connectivity index (χ1v) is 8.33. The summed E-state index contributed by atoms with van der Waals surface area (Å²) in [4.78, 5) is 0. The molecule has 0 bridgehead atoms. The van der Waals surface area contributed by atoms with Crippen LogP contribution in [0.1, 0.15) is 57.9 Å². The van der Waals surface area contributed by atoms with Crippen molar-refractivity contribution in [3.8, 4) is 5.75 Å². The third-order valence-corrected chi connectivity index (χ3v) is 4.71. The molecule has 1 fully saturated rings. The fourth-order valence-electron chi connectivity index (χ4n) is 3.10. The molecule has 2 rings (SSSR count). The summed E-state index contributed by atoms with van der Waals surface area (Å²) in [6.07, 6.45) is 7.41. The topological polar surface area (TPSA) is 35.2 Å². The van der Waals surface area contributed by atoms with E-state index in [4.69, 9.17) is 10.5 Å². The lowest BCUT2D eigenvalue weighted by Crippen LogP contribution is -2.26. The highest BCUT2D eigenvalue weighted by Crippen LogP contribution is 2.32. The Morgan fingerprint density at radius 1 is 1.24 bits per heavy atom. The summed E-state index contributed by atoms with van der Waals surface area (Å²) in [6, 6.07) is 5.22. The average molecular weight is 293 g/mol. The van der Waals surface area contributed by atoms with Crippen molar-refractivity contribution in [1.29, 1.82) is 0 Å². The van der Waals surface area contributed by atoms with Gasteiger partial charge in [0.2, 0.25) is 0 Å². The maximum atomic E-state index is 14.1. The van der Waals surface area contributed by atoms with E-state index in [1.165, 1.54) is 25.3 Å². The highest BCUT2D eigenvalue weighted by atomic mass is 19.1. The van der Waals surface area contributed by atoms with E-state index in [1.54, 1.807) is 6.07 Å². The van der Waals surface area contributed by atoms with Gasteiger partial charge in [-0.3, -0.25) is 0 Å². The monoisotopic (exact) mass is 293 g/mol. The largest absolute Gasteiger partial charge is 0.487 e. The second kappa shape index (κ2) is 7.79. The van der Waals surface area contributed by atoms with Crippen LogP contribution < -0.4 is 10.5 Å². The van der Waals surface area contributed by atoms with E-state index >= 15 is 0 Å². The van der Waals surface area contributed by atoms with Crippen LogP contribution in [-0.2, 0) is 6.42 Å². The summed E-state index contributed by atoms with van der Waals surface area (Å²) in [5, 5.41) is 0. The number of nitrogens with two attached hydrogens (primary N) is 1. The van der Waals surface area contributed by atoms with Crippen molar-refractivity contribution in [2.24, 2.45) is 11.7 Å². The van der Waals surface area contributed by atoms with Crippen molar-refractivity contribution >= 4 is 0 Å². The van der Waals surface area contributed by atoms with E-state index in [0.717, 1.165) is 30.7 Å². The van der Waals surface area contributed by atoms with E-state index in [0.29, 0.717) is 12.2 Å². The fraction of sp³-hybridized carbons (Fsp3) is 0.667. The van der Waals surface area contributed by atoms with Gasteiger partial charge in [-0.05, 0) is 56.1 Å². The minimum absolute atomic E-state index is 0.0602. The Morgan fingerprint density at radius 3 is 2.57 bits per heavy atom. The predicted molar refractivity (Wildman–Crippen MR) is 85.0 cm³/mol. The van der Waals surface area contributed by atoms with Gasteiger partial charge in [-0.15, -0.1) is 0 Å². The molecule has 1 saturated carbocycles. The van der Waals surface area contributed by atoms with Gasteiger partial charge in [0.25, 0.3) is 0 Å². The van der Waals surface area contributed by atoms with Crippen LogP contribution in [0.5, 0.6) is 5.75 Å². The van der Waals surface area contributed by atoms with Crippen molar-refractivity contribution in [3.05, 3.63) is 29.6 Å². The molecule has 1 atom stereocenters. The molecule has 1 aromatic carbocycles. The molecule has 1 aliphatic carbocycles. The molecule has 0 spiro atoms. The highest BCUT2D eigenvalue weighted by molar-refractivity contribution is 5.35. The predicted octanol–water partition coefficient (Wildman–Crippen LogP) is 4.45. The normalized spacial score (nSPS) is 23.8. The maximum Gasteiger partial charge on any atom is 0.165 e. The molecule has 0 heterocycles. The molecule has 0 saturated heterocycles. The zero-order chi connectivity index (χ0) is 15.2. The molecule has 2 nitrogen and oxygen atoms in total. The Morgan fingerprint density at radius 2 is 1.95 bits per heavy atom. The minimum Gasteiger partial charge on any atom is -0.487 e. The van der Waals surface area contributed by atoms with E-state index in [1.807, 2.05) is 6.07 Å². The minimum atomic E-state index is -0.256. The maximum absolute atomic E-state index is 14.1. The summed E-state index contributed by atoms with van der Waals surface area (Å²) in [7, 11) is 0. The number of ether oxygens (including phenoxy) is 1. The van der Waals surface area contributed by atoms with Gasteiger partial charge in [-0.2, -0.15) is 0 Å². The molecule has 118 valence electrons. The zero-order valence-electron chi connectivity index (χ0n) is 13.3. The van der Waals surface area contributed by atoms with Gasteiger partial charge < -0.3 is 10.5 Å². The summed E-state index contributed by atoms with van der Waals surface area (Å²) < 4.78 is 20.2. The number of hydrogen-bond acceptors (Lipinski definition) is 2. The molecule has 21 heavy (non-hydrogen) atoms. The van der Waals surface area contributed by atoms with Gasteiger partial charge in [0, 0.05) is 6.04 Å². The van der Waals surface area contributed by atoms with E-state index in [-0.39, 0.29) is 18.0 Å². The van der Waals surface area contributed by atoms with Gasteiger partial charge in [-0.1, -0.05) is 32.4 Å². The quantitative estimate of drug-likeness (QED) is 0.841. The van der Waals surface area contributed by atoms with Crippen LogP contribution >= 0.6 is 0 Å². The van der Waals surface area contributed by atoms with Crippen LogP contribution in [0.2, 0.25) is 0 Å². The standard InChI is InChI=1S/C18H28FNO/c1-3-13-8-10-16(11-9-13)21-18-14(12-15(20)4-2)6-5-7-17(18)19/h5-7,13,15-16H,3-4,8-12,20H2,1-2H3. The second-order valence-corrected chi connectivity index (χ2v) is 6.27. The van der Waals surface area contributed by atoms with Crippen molar-refractivity contribution in [1.82, 2.24) is 0 Å². The molecule has 1 unspecified atom stereocenters. The highest BCUT2D eigenvalue weighted by Gasteiger charge is 2.23. The Bertz CT molecular complexity index is 441. The lowest BCUT2D eigenvalue weighted by molar-refractivity contribution is 0.123.